The van der Waals surface area contributed by atoms with Gasteiger partial charge in [0.25, 0.3) is 0 Å². The van der Waals surface area contributed by atoms with Crippen LogP contribution in [0, 0.1) is 6.92 Å². The largest absolute Gasteiger partial charge is 0.241 e. The van der Waals surface area contributed by atoms with Gasteiger partial charge in [-0.2, -0.15) is 5.10 Å². The van der Waals surface area contributed by atoms with Crippen LogP contribution in [0.4, 0.5) is 0 Å². The van der Waals surface area contributed by atoms with E-state index in [9.17, 15) is 0 Å². The molecular weight excluding hydrogens is 275 g/mol. The van der Waals surface area contributed by atoms with Crippen LogP contribution in [0.25, 0.3) is 5.69 Å². The van der Waals surface area contributed by atoms with E-state index < -0.39 is 0 Å². The average molecular weight is 286 g/mol. The summed E-state index contributed by atoms with van der Waals surface area (Å²) < 4.78 is 2.86. The molecule has 0 radical (unpaired) electrons. The first kappa shape index (κ1) is 10.7. The Labute approximate surface area is 102 Å². The molecule has 0 aliphatic carbocycles. The third-order valence-electron chi connectivity index (χ3n) is 2.17. The fourth-order valence-corrected chi connectivity index (χ4v) is 2.25. The Balaban J connectivity index is 2.42. The maximum absolute atomic E-state index is 5.78. The average Bonchev–Trinajstić information content (AvgIpc) is 2.65. The summed E-state index contributed by atoms with van der Waals surface area (Å²) in [5, 5.41) is 4.34. The summed E-state index contributed by atoms with van der Waals surface area (Å²) in [5.74, 6) is 0.513. The van der Waals surface area contributed by atoms with E-state index in [1.807, 2.05) is 42.1 Å². The van der Waals surface area contributed by atoms with Gasteiger partial charge in [-0.05, 0) is 30.7 Å². The first-order chi connectivity index (χ1) is 7.20. The summed E-state index contributed by atoms with van der Waals surface area (Å²) in [7, 11) is 0. The number of alkyl halides is 1. The van der Waals surface area contributed by atoms with Crippen molar-refractivity contribution in [3.05, 3.63) is 46.2 Å². The van der Waals surface area contributed by atoms with Crippen molar-refractivity contribution in [3.63, 3.8) is 0 Å². The van der Waals surface area contributed by atoms with Gasteiger partial charge in [0, 0.05) is 16.5 Å². The molecule has 0 spiro atoms. The minimum Gasteiger partial charge on any atom is -0.241 e. The molecule has 1 aromatic heterocycles. The number of rotatable bonds is 2. The second-order valence-electron chi connectivity index (χ2n) is 3.31. The van der Waals surface area contributed by atoms with Crippen molar-refractivity contribution < 1.29 is 0 Å². The van der Waals surface area contributed by atoms with Gasteiger partial charge in [0.2, 0.25) is 0 Å². The highest BCUT2D eigenvalue weighted by Gasteiger charge is 2.02. The summed E-state index contributed by atoms with van der Waals surface area (Å²) in [4.78, 5) is 0. The van der Waals surface area contributed by atoms with Crippen molar-refractivity contribution in [3.8, 4) is 5.69 Å². The van der Waals surface area contributed by atoms with Crippen molar-refractivity contribution in [2.75, 3.05) is 0 Å². The Bertz CT molecular complexity index is 479. The van der Waals surface area contributed by atoms with Gasteiger partial charge in [-0.1, -0.05) is 22.0 Å². The summed E-state index contributed by atoms with van der Waals surface area (Å²) in [6, 6.07) is 8.01. The Kier molecular flexibility index (Phi) is 3.12. The molecule has 0 bridgehead atoms. The van der Waals surface area contributed by atoms with Gasteiger partial charge < -0.3 is 0 Å². The van der Waals surface area contributed by atoms with Crippen LogP contribution >= 0.6 is 27.5 Å². The third kappa shape index (κ3) is 2.24. The van der Waals surface area contributed by atoms with E-state index in [1.54, 1.807) is 0 Å². The quantitative estimate of drug-likeness (QED) is 0.770. The number of hydrogen-bond donors (Lipinski definition) is 0. The lowest BCUT2D eigenvalue weighted by atomic mass is 10.2. The molecule has 2 aromatic rings. The minimum absolute atomic E-state index is 0.513. The van der Waals surface area contributed by atoms with Gasteiger partial charge in [0.05, 0.1) is 11.4 Å². The zero-order chi connectivity index (χ0) is 10.8. The molecule has 0 aliphatic heterocycles. The molecule has 0 fully saturated rings. The summed E-state index contributed by atoms with van der Waals surface area (Å²) in [6.07, 6.45) is 1.94. The van der Waals surface area contributed by atoms with E-state index in [2.05, 4.69) is 21.0 Å². The first-order valence-corrected chi connectivity index (χ1v) is 5.90. The van der Waals surface area contributed by atoms with Crippen LogP contribution in [0.1, 0.15) is 11.3 Å². The van der Waals surface area contributed by atoms with E-state index in [4.69, 9.17) is 11.6 Å². The van der Waals surface area contributed by atoms with Crippen LogP contribution in [0.2, 0.25) is 0 Å². The van der Waals surface area contributed by atoms with E-state index in [0.29, 0.717) is 5.88 Å². The third-order valence-corrected chi connectivity index (χ3v) is 3.19. The zero-order valence-electron chi connectivity index (χ0n) is 8.24. The monoisotopic (exact) mass is 284 g/mol. The molecular formula is C11H10BrClN2. The second-order valence-corrected chi connectivity index (χ2v) is 4.43. The van der Waals surface area contributed by atoms with E-state index in [1.165, 1.54) is 0 Å². The number of aryl methyl sites for hydroxylation is 1. The van der Waals surface area contributed by atoms with Crippen LogP contribution in [0.5, 0.6) is 0 Å². The molecule has 0 saturated carbocycles. The molecule has 4 heteroatoms. The number of benzene rings is 1. The molecule has 2 rings (SSSR count). The van der Waals surface area contributed by atoms with Crippen molar-refractivity contribution in [1.82, 2.24) is 9.78 Å². The minimum atomic E-state index is 0.513. The Morgan fingerprint density at radius 2 is 2.20 bits per heavy atom. The van der Waals surface area contributed by atoms with Crippen molar-refractivity contribution in [1.29, 1.82) is 0 Å². The predicted molar refractivity (Wildman–Crippen MR) is 65.6 cm³/mol. The lowest BCUT2D eigenvalue weighted by Gasteiger charge is -2.05. The SMILES string of the molecule is Cc1ccn(-c2ccc(CCl)c(Br)c2)n1. The maximum Gasteiger partial charge on any atom is 0.0657 e. The number of aromatic nitrogens is 2. The van der Waals surface area contributed by atoms with Crippen molar-refractivity contribution in [2.45, 2.75) is 12.8 Å². The molecule has 0 aliphatic rings. The summed E-state index contributed by atoms with van der Waals surface area (Å²) in [6.45, 7) is 1.97. The van der Waals surface area contributed by atoms with Crippen LogP contribution in [0.15, 0.2) is 34.9 Å². The van der Waals surface area contributed by atoms with Gasteiger partial charge in [-0.15, -0.1) is 11.6 Å². The maximum atomic E-state index is 5.78. The molecule has 0 unspecified atom stereocenters. The predicted octanol–water partition coefficient (Wildman–Crippen LogP) is 3.68. The van der Waals surface area contributed by atoms with E-state index in [-0.39, 0.29) is 0 Å². The lowest BCUT2D eigenvalue weighted by molar-refractivity contribution is 0.861. The molecule has 0 atom stereocenters. The van der Waals surface area contributed by atoms with Crippen LogP contribution < -0.4 is 0 Å². The van der Waals surface area contributed by atoms with Gasteiger partial charge in [0.1, 0.15) is 0 Å². The Hall–Kier alpha value is -0.800. The topological polar surface area (TPSA) is 17.8 Å². The second kappa shape index (κ2) is 4.37. The van der Waals surface area contributed by atoms with Gasteiger partial charge >= 0.3 is 0 Å². The zero-order valence-corrected chi connectivity index (χ0v) is 10.6. The molecule has 0 N–H and O–H groups in total. The number of nitrogens with zero attached hydrogens (tertiary/aromatic N) is 2. The van der Waals surface area contributed by atoms with Crippen LogP contribution in [0.3, 0.4) is 0 Å². The van der Waals surface area contributed by atoms with Crippen LogP contribution in [-0.2, 0) is 5.88 Å². The Morgan fingerprint density at radius 1 is 1.40 bits per heavy atom. The highest BCUT2D eigenvalue weighted by molar-refractivity contribution is 9.10. The molecule has 2 nitrogen and oxygen atoms in total. The van der Waals surface area contributed by atoms with Crippen LogP contribution in [-0.4, -0.2) is 9.78 Å². The molecule has 15 heavy (non-hydrogen) atoms. The highest BCUT2D eigenvalue weighted by Crippen LogP contribution is 2.22. The van der Waals surface area contributed by atoms with E-state index in [0.717, 1.165) is 21.4 Å². The fraction of sp³-hybridized carbons (Fsp3) is 0.182. The highest BCUT2D eigenvalue weighted by atomic mass is 79.9. The smallest absolute Gasteiger partial charge is 0.0657 e. The molecule has 1 aromatic carbocycles. The molecule has 1 heterocycles. The Morgan fingerprint density at radius 3 is 2.73 bits per heavy atom. The number of halogens is 2. The normalized spacial score (nSPS) is 10.6. The van der Waals surface area contributed by atoms with Crippen molar-refractivity contribution in [2.24, 2.45) is 0 Å². The van der Waals surface area contributed by atoms with Gasteiger partial charge in [0.15, 0.2) is 0 Å². The summed E-state index contributed by atoms with van der Waals surface area (Å²) >= 11 is 9.27. The molecule has 78 valence electrons. The number of hydrogen-bond acceptors (Lipinski definition) is 1. The fourth-order valence-electron chi connectivity index (χ4n) is 1.35. The summed E-state index contributed by atoms with van der Waals surface area (Å²) in [5.41, 5.74) is 3.13. The van der Waals surface area contributed by atoms with Crippen molar-refractivity contribution >= 4 is 27.5 Å². The van der Waals surface area contributed by atoms with Gasteiger partial charge in [-0.25, -0.2) is 4.68 Å². The molecule has 0 saturated heterocycles. The van der Waals surface area contributed by atoms with E-state index >= 15 is 0 Å². The van der Waals surface area contributed by atoms with Gasteiger partial charge in [-0.3, -0.25) is 0 Å². The standard InChI is InChI=1S/C11H10BrClN2/c1-8-4-5-15(14-8)10-3-2-9(7-13)11(12)6-10/h2-6H,7H2,1H3. The molecule has 0 amide bonds. The first-order valence-electron chi connectivity index (χ1n) is 4.58. The lowest BCUT2D eigenvalue weighted by Crippen LogP contribution is -1.95.